The van der Waals surface area contributed by atoms with Crippen molar-refractivity contribution in [3.63, 3.8) is 0 Å². The minimum Gasteiger partial charge on any atom is -0.619 e. The van der Waals surface area contributed by atoms with E-state index in [1.165, 1.54) is 30.1 Å². The number of nitrogens with zero attached hydrogens (tertiary/aromatic N) is 2. The van der Waals surface area contributed by atoms with Gasteiger partial charge in [-0.1, -0.05) is 38.1 Å². The normalized spacial score (nSPS) is 11.8. The molecule has 2 aromatic carbocycles. The summed E-state index contributed by atoms with van der Waals surface area (Å²) in [6, 6.07) is 19.1. The van der Waals surface area contributed by atoms with Crippen LogP contribution in [-0.2, 0) is 4.79 Å². The molecule has 1 N–H and O–H groups in total. The van der Waals surface area contributed by atoms with Crippen LogP contribution in [0.2, 0.25) is 0 Å². The highest BCUT2D eigenvalue weighted by atomic mass is 16.5. The summed E-state index contributed by atoms with van der Waals surface area (Å²) in [5.41, 5.74) is 5.46. The van der Waals surface area contributed by atoms with E-state index in [9.17, 15) is 15.1 Å². The molecule has 0 fully saturated rings. The van der Waals surface area contributed by atoms with E-state index in [2.05, 4.69) is 37.0 Å². The van der Waals surface area contributed by atoms with Crippen molar-refractivity contribution in [3.8, 4) is 11.1 Å². The average molecular weight is 410 g/mol. The molecule has 5 heteroatoms. The van der Waals surface area contributed by atoms with Gasteiger partial charge in [0.2, 0.25) is 0 Å². The Hall–Kier alpha value is -3.99. The lowest BCUT2D eigenvalue weighted by atomic mass is 9.93. The number of aliphatic carboxylic acids is 1. The standard InChI is InChI=1S/C26H22N2O3/c1-17(2)22-15-21-7-4-10-27-25(21)23(16-22)20-6-3-5-18(13-20)14-24(26(29)30)19-8-11-28(31)12-9-19/h3-17H,1-2H3,(H,29,30)/b24-14-. The molecule has 0 aliphatic rings. The number of aromatic nitrogens is 2. The minimum atomic E-state index is -1.05. The van der Waals surface area contributed by atoms with Crippen LogP contribution in [0.25, 0.3) is 33.7 Å². The smallest absolute Gasteiger partial charge is 0.336 e. The fourth-order valence-electron chi connectivity index (χ4n) is 3.59. The van der Waals surface area contributed by atoms with Gasteiger partial charge in [-0.2, -0.15) is 4.73 Å². The molecule has 4 rings (SSSR count). The molecule has 5 nitrogen and oxygen atoms in total. The van der Waals surface area contributed by atoms with Crippen LogP contribution in [0.1, 0.15) is 36.5 Å². The largest absolute Gasteiger partial charge is 0.619 e. The molecule has 0 bridgehead atoms. The number of benzene rings is 2. The molecule has 0 atom stereocenters. The van der Waals surface area contributed by atoms with Crippen LogP contribution in [0.5, 0.6) is 0 Å². The van der Waals surface area contributed by atoms with Crippen molar-refractivity contribution in [2.45, 2.75) is 19.8 Å². The third kappa shape index (κ3) is 4.31. The SMILES string of the molecule is CC(C)c1cc(-c2cccc(/C=C(\C(=O)O)c3cc[n+]([O-])cc3)c2)c2ncccc2c1. The topological polar surface area (TPSA) is 77.1 Å². The van der Waals surface area contributed by atoms with E-state index in [1.54, 1.807) is 12.3 Å². The molecule has 0 saturated heterocycles. The van der Waals surface area contributed by atoms with Crippen molar-refractivity contribution >= 4 is 28.5 Å². The van der Waals surface area contributed by atoms with Crippen molar-refractivity contribution in [1.82, 2.24) is 4.98 Å². The Bertz CT molecular complexity index is 1290. The summed E-state index contributed by atoms with van der Waals surface area (Å²) in [6.45, 7) is 4.32. The molecular formula is C26H22N2O3. The zero-order valence-corrected chi connectivity index (χ0v) is 17.3. The lowest BCUT2D eigenvalue weighted by Gasteiger charge is -2.13. The van der Waals surface area contributed by atoms with E-state index in [4.69, 9.17) is 0 Å². The Labute approximate surface area is 180 Å². The van der Waals surface area contributed by atoms with Crippen LogP contribution < -0.4 is 4.73 Å². The van der Waals surface area contributed by atoms with Gasteiger partial charge < -0.3 is 10.3 Å². The van der Waals surface area contributed by atoms with Gasteiger partial charge in [-0.25, -0.2) is 4.79 Å². The molecule has 0 unspecified atom stereocenters. The number of fused-ring (bicyclic) bond motifs is 1. The number of hydrogen-bond acceptors (Lipinski definition) is 3. The van der Waals surface area contributed by atoms with E-state index < -0.39 is 5.97 Å². The summed E-state index contributed by atoms with van der Waals surface area (Å²) in [6.07, 6.45) is 5.98. The first kappa shape index (κ1) is 20.3. The van der Waals surface area contributed by atoms with Gasteiger partial charge in [-0.3, -0.25) is 4.98 Å². The molecule has 0 aliphatic carbocycles. The number of carbonyl (C=O) groups is 1. The Morgan fingerprint density at radius 2 is 1.84 bits per heavy atom. The minimum absolute atomic E-state index is 0.122. The van der Waals surface area contributed by atoms with Crippen molar-refractivity contribution in [1.29, 1.82) is 0 Å². The van der Waals surface area contributed by atoms with E-state index >= 15 is 0 Å². The third-order valence-corrected chi connectivity index (χ3v) is 5.25. The second kappa shape index (κ2) is 8.40. The number of carboxylic acid groups (broad SMARTS) is 1. The Morgan fingerprint density at radius 3 is 2.55 bits per heavy atom. The molecule has 2 aromatic heterocycles. The maximum Gasteiger partial charge on any atom is 0.336 e. The monoisotopic (exact) mass is 410 g/mol. The molecule has 0 spiro atoms. The number of carboxylic acids is 1. The van der Waals surface area contributed by atoms with Gasteiger partial charge in [0.25, 0.3) is 0 Å². The highest BCUT2D eigenvalue weighted by Gasteiger charge is 2.13. The predicted molar refractivity (Wildman–Crippen MR) is 122 cm³/mol. The second-order valence-electron chi connectivity index (χ2n) is 7.73. The summed E-state index contributed by atoms with van der Waals surface area (Å²) in [5.74, 6) is -0.685. The Balaban J connectivity index is 1.84. The molecule has 2 heterocycles. The number of pyridine rings is 2. The molecule has 0 aliphatic heterocycles. The van der Waals surface area contributed by atoms with Gasteiger partial charge in [0.1, 0.15) is 0 Å². The first-order valence-corrected chi connectivity index (χ1v) is 10.1. The maximum atomic E-state index is 11.9. The highest BCUT2D eigenvalue weighted by molar-refractivity contribution is 6.20. The molecular weight excluding hydrogens is 388 g/mol. The Morgan fingerprint density at radius 1 is 1.06 bits per heavy atom. The zero-order chi connectivity index (χ0) is 22.0. The summed E-state index contributed by atoms with van der Waals surface area (Å²) >= 11 is 0. The Kier molecular flexibility index (Phi) is 5.50. The maximum absolute atomic E-state index is 11.9. The number of rotatable bonds is 5. The zero-order valence-electron chi connectivity index (χ0n) is 17.3. The summed E-state index contributed by atoms with van der Waals surface area (Å²) < 4.78 is 0.628. The first-order valence-electron chi connectivity index (χ1n) is 10.1. The average Bonchev–Trinajstić information content (AvgIpc) is 2.77. The first-order chi connectivity index (χ1) is 14.9. The van der Waals surface area contributed by atoms with Crippen LogP contribution >= 0.6 is 0 Å². The van der Waals surface area contributed by atoms with Crippen molar-refractivity contribution in [3.05, 3.63) is 101 Å². The van der Waals surface area contributed by atoms with Crippen LogP contribution in [0.15, 0.2) is 79.3 Å². The van der Waals surface area contributed by atoms with Crippen LogP contribution in [0.4, 0.5) is 0 Å². The molecule has 31 heavy (non-hydrogen) atoms. The lowest BCUT2D eigenvalue weighted by Crippen LogP contribution is -2.23. The van der Waals surface area contributed by atoms with Crippen LogP contribution in [-0.4, -0.2) is 16.1 Å². The van der Waals surface area contributed by atoms with Gasteiger partial charge in [-0.05, 0) is 52.9 Å². The van der Waals surface area contributed by atoms with E-state index in [-0.39, 0.29) is 5.57 Å². The van der Waals surface area contributed by atoms with E-state index in [1.807, 2.05) is 30.3 Å². The second-order valence-corrected chi connectivity index (χ2v) is 7.73. The molecule has 0 radical (unpaired) electrons. The fourth-order valence-corrected chi connectivity index (χ4v) is 3.59. The number of hydrogen-bond donors (Lipinski definition) is 1. The lowest BCUT2D eigenvalue weighted by molar-refractivity contribution is -0.605. The van der Waals surface area contributed by atoms with Crippen LogP contribution in [0, 0.1) is 5.21 Å². The predicted octanol–water partition coefficient (Wildman–Crippen LogP) is 5.28. The van der Waals surface area contributed by atoms with Gasteiger partial charge >= 0.3 is 5.97 Å². The molecule has 0 amide bonds. The molecule has 4 aromatic rings. The summed E-state index contributed by atoms with van der Waals surface area (Å²) in [5, 5.41) is 22.1. The summed E-state index contributed by atoms with van der Waals surface area (Å²) in [4.78, 5) is 16.5. The summed E-state index contributed by atoms with van der Waals surface area (Å²) in [7, 11) is 0. The van der Waals surface area contributed by atoms with E-state index in [0.29, 0.717) is 16.2 Å². The quantitative estimate of drug-likeness (QED) is 0.276. The third-order valence-electron chi connectivity index (χ3n) is 5.25. The van der Waals surface area contributed by atoms with Gasteiger partial charge in [0.05, 0.1) is 11.1 Å². The van der Waals surface area contributed by atoms with Gasteiger partial charge in [-0.15, -0.1) is 0 Å². The van der Waals surface area contributed by atoms with Crippen molar-refractivity contribution in [2.24, 2.45) is 0 Å². The fraction of sp³-hybridized carbons (Fsp3) is 0.115. The molecule has 0 saturated carbocycles. The van der Waals surface area contributed by atoms with Crippen molar-refractivity contribution in [2.75, 3.05) is 0 Å². The van der Waals surface area contributed by atoms with Gasteiger partial charge in [0, 0.05) is 34.8 Å². The van der Waals surface area contributed by atoms with E-state index in [0.717, 1.165) is 27.6 Å². The molecule has 154 valence electrons. The van der Waals surface area contributed by atoms with Crippen molar-refractivity contribution < 1.29 is 14.6 Å². The van der Waals surface area contributed by atoms with Crippen LogP contribution in [0.3, 0.4) is 0 Å². The highest BCUT2D eigenvalue weighted by Crippen LogP contribution is 2.32. The van der Waals surface area contributed by atoms with Gasteiger partial charge in [0.15, 0.2) is 12.4 Å².